The van der Waals surface area contributed by atoms with Gasteiger partial charge in [-0.25, -0.2) is 4.21 Å². The van der Waals surface area contributed by atoms with Crippen molar-refractivity contribution in [3.05, 3.63) is 29.3 Å². The smallest absolute Gasteiger partial charge is 0.113 e. The summed E-state index contributed by atoms with van der Waals surface area (Å²) in [6, 6.07) is 7.49. The van der Waals surface area contributed by atoms with Crippen LogP contribution in [0.25, 0.3) is 0 Å². The van der Waals surface area contributed by atoms with Crippen molar-refractivity contribution in [2.45, 2.75) is 6.92 Å². The second-order valence-electron chi connectivity index (χ2n) is 2.67. The molecule has 3 nitrogen and oxygen atoms in total. The van der Waals surface area contributed by atoms with Crippen LogP contribution < -0.4 is 4.72 Å². The first kappa shape index (κ1) is 9.75. The summed E-state index contributed by atoms with van der Waals surface area (Å²) < 4.78 is 13.6. The van der Waals surface area contributed by atoms with Crippen LogP contribution in [0, 0.1) is 18.3 Å². The van der Waals surface area contributed by atoms with Crippen LogP contribution in [-0.4, -0.2) is 10.5 Å². The van der Waals surface area contributed by atoms with E-state index in [-0.39, 0.29) is 0 Å². The molecule has 0 amide bonds. The fourth-order valence-corrected chi connectivity index (χ4v) is 1.54. The minimum atomic E-state index is -1.14. The highest BCUT2D eigenvalue weighted by Crippen LogP contribution is 2.18. The van der Waals surface area contributed by atoms with Crippen LogP contribution in [-0.2, 0) is 11.0 Å². The second kappa shape index (κ2) is 4.06. The van der Waals surface area contributed by atoms with E-state index in [0.29, 0.717) is 11.3 Å². The van der Waals surface area contributed by atoms with Gasteiger partial charge in [0, 0.05) is 6.26 Å². The van der Waals surface area contributed by atoms with Crippen molar-refractivity contribution in [3.8, 4) is 6.07 Å². The van der Waals surface area contributed by atoms with Gasteiger partial charge in [0.15, 0.2) is 0 Å². The number of nitriles is 1. The molecule has 1 aromatic rings. The molecule has 0 aliphatic carbocycles. The van der Waals surface area contributed by atoms with E-state index in [9.17, 15) is 4.21 Å². The quantitative estimate of drug-likeness (QED) is 0.777. The van der Waals surface area contributed by atoms with Crippen molar-refractivity contribution < 1.29 is 4.21 Å². The molecule has 0 bridgehead atoms. The minimum absolute atomic E-state index is 0.553. The minimum Gasteiger partial charge on any atom is -0.304 e. The summed E-state index contributed by atoms with van der Waals surface area (Å²) in [5.41, 5.74) is 2.07. The molecule has 68 valence electrons. The fraction of sp³-hybridized carbons (Fsp3) is 0.222. The third-order valence-corrected chi connectivity index (χ3v) is 2.15. The lowest BCUT2D eigenvalue weighted by molar-refractivity contribution is 0.690. The molecule has 0 heterocycles. The maximum absolute atomic E-state index is 10.9. The summed E-state index contributed by atoms with van der Waals surface area (Å²) >= 11 is 0. The Hall–Kier alpha value is -1.34. The molecule has 0 aromatic heterocycles. The van der Waals surface area contributed by atoms with Gasteiger partial charge >= 0.3 is 0 Å². The Labute approximate surface area is 80.0 Å². The Morgan fingerprint density at radius 3 is 2.77 bits per heavy atom. The topological polar surface area (TPSA) is 52.9 Å². The Morgan fingerprint density at radius 2 is 2.23 bits per heavy atom. The summed E-state index contributed by atoms with van der Waals surface area (Å²) in [5, 5.41) is 8.82. The number of rotatable bonds is 2. The zero-order chi connectivity index (χ0) is 9.84. The number of nitrogens with one attached hydrogen (secondary N) is 1. The maximum atomic E-state index is 10.9. The highest BCUT2D eigenvalue weighted by atomic mass is 32.2. The largest absolute Gasteiger partial charge is 0.304 e. The summed E-state index contributed by atoms with van der Waals surface area (Å²) in [6.45, 7) is 1.85. The normalized spacial score (nSPS) is 11.8. The second-order valence-corrected chi connectivity index (χ2v) is 3.78. The van der Waals surface area contributed by atoms with Crippen molar-refractivity contribution in [2.24, 2.45) is 0 Å². The monoisotopic (exact) mass is 194 g/mol. The van der Waals surface area contributed by atoms with E-state index in [2.05, 4.69) is 10.8 Å². The van der Waals surface area contributed by atoms with Gasteiger partial charge in [-0.05, 0) is 18.6 Å². The summed E-state index contributed by atoms with van der Waals surface area (Å²) in [7, 11) is -1.14. The predicted octanol–water partition coefficient (Wildman–Crippen LogP) is 1.57. The first-order valence-electron chi connectivity index (χ1n) is 3.75. The van der Waals surface area contributed by atoms with Crippen LogP contribution in [0.3, 0.4) is 0 Å². The number of aryl methyl sites for hydroxylation is 1. The van der Waals surface area contributed by atoms with E-state index in [1.54, 1.807) is 6.07 Å². The maximum Gasteiger partial charge on any atom is 0.113 e. The number of anilines is 1. The molecule has 4 heteroatoms. The SMILES string of the molecule is Cc1cccc(NS(C)=O)c1C#N. The van der Waals surface area contributed by atoms with E-state index < -0.39 is 11.0 Å². The van der Waals surface area contributed by atoms with Gasteiger partial charge in [0.25, 0.3) is 0 Å². The van der Waals surface area contributed by atoms with Crippen LogP contribution in [0.1, 0.15) is 11.1 Å². The molecule has 13 heavy (non-hydrogen) atoms. The lowest BCUT2D eigenvalue weighted by Crippen LogP contribution is -2.03. The van der Waals surface area contributed by atoms with Gasteiger partial charge < -0.3 is 4.72 Å². The summed E-state index contributed by atoms with van der Waals surface area (Å²) in [5.74, 6) is 0. The molecule has 0 saturated carbocycles. The average Bonchev–Trinajstić information content (AvgIpc) is 2.03. The van der Waals surface area contributed by atoms with Crippen molar-refractivity contribution in [1.29, 1.82) is 5.26 Å². The average molecular weight is 194 g/mol. The molecule has 1 atom stereocenters. The molecule has 0 aliphatic heterocycles. The van der Waals surface area contributed by atoms with Gasteiger partial charge in [-0.1, -0.05) is 12.1 Å². The van der Waals surface area contributed by atoms with E-state index in [0.717, 1.165) is 5.56 Å². The fourth-order valence-electron chi connectivity index (χ4n) is 1.06. The third-order valence-electron chi connectivity index (χ3n) is 1.64. The van der Waals surface area contributed by atoms with Crippen LogP contribution in [0.4, 0.5) is 5.69 Å². The van der Waals surface area contributed by atoms with E-state index in [1.807, 2.05) is 19.1 Å². The van der Waals surface area contributed by atoms with Gasteiger partial charge in [-0.15, -0.1) is 0 Å². The van der Waals surface area contributed by atoms with Crippen molar-refractivity contribution in [2.75, 3.05) is 11.0 Å². The van der Waals surface area contributed by atoms with Gasteiger partial charge in [-0.3, -0.25) is 0 Å². The van der Waals surface area contributed by atoms with E-state index in [4.69, 9.17) is 5.26 Å². The molecule has 0 aliphatic rings. The molecule has 1 rings (SSSR count). The van der Waals surface area contributed by atoms with Gasteiger partial charge in [-0.2, -0.15) is 5.26 Å². The van der Waals surface area contributed by atoms with Crippen LogP contribution in [0.5, 0.6) is 0 Å². The molecule has 1 unspecified atom stereocenters. The van der Waals surface area contributed by atoms with Crippen molar-refractivity contribution >= 4 is 16.7 Å². The van der Waals surface area contributed by atoms with Crippen molar-refractivity contribution in [1.82, 2.24) is 0 Å². The van der Waals surface area contributed by atoms with Gasteiger partial charge in [0.2, 0.25) is 0 Å². The highest BCUT2D eigenvalue weighted by molar-refractivity contribution is 7.85. The molecule has 0 radical (unpaired) electrons. The number of hydrogen-bond donors (Lipinski definition) is 1. The number of hydrogen-bond acceptors (Lipinski definition) is 2. The Kier molecular flexibility index (Phi) is 3.04. The molecule has 0 spiro atoms. The molecular formula is C9H10N2OS. The van der Waals surface area contributed by atoms with E-state index >= 15 is 0 Å². The van der Waals surface area contributed by atoms with Gasteiger partial charge in [0.05, 0.1) is 11.3 Å². The van der Waals surface area contributed by atoms with Gasteiger partial charge in [0.1, 0.15) is 17.1 Å². The lowest BCUT2D eigenvalue weighted by atomic mass is 10.1. The first-order chi connectivity index (χ1) is 6.15. The zero-order valence-corrected chi connectivity index (χ0v) is 8.31. The Balaban J connectivity index is 3.14. The first-order valence-corrected chi connectivity index (χ1v) is 5.30. The number of nitrogens with zero attached hydrogens (tertiary/aromatic N) is 1. The molecular weight excluding hydrogens is 184 g/mol. The predicted molar refractivity (Wildman–Crippen MR) is 53.6 cm³/mol. The van der Waals surface area contributed by atoms with Crippen LogP contribution in [0.2, 0.25) is 0 Å². The Morgan fingerprint density at radius 1 is 1.54 bits per heavy atom. The standard InChI is InChI=1S/C9H10N2OS/c1-7-4-3-5-9(8(7)6-10)11-13(2)12/h3-5,11H,1-2H3. The van der Waals surface area contributed by atoms with Crippen LogP contribution >= 0.6 is 0 Å². The molecule has 1 N–H and O–H groups in total. The Bertz CT molecular complexity index is 382. The van der Waals surface area contributed by atoms with Crippen molar-refractivity contribution in [3.63, 3.8) is 0 Å². The van der Waals surface area contributed by atoms with E-state index in [1.165, 1.54) is 6.26 Å². The third kappa shape index (κ3) is 2.30. The number of benzene rings is 1. The zero-order valence-electron chi connectivity index (χ0n) is 7.50. The molecule has 0 saturated heterocycles. The lowest BCUT2D eigenvalue weighted by Gasteiger charge is -2.05. The van der Waals surface area contributed by atoms with Crippen LogP contribution in [0.15, 0.2) is 18.2 Å². The molecule has 1 aromatic carbocycles. The molecule has 0 fully saturated rings. The highest BCUT2D eigenvalue weighted by Gasteiger charge is 2.04. The summed E-state index contributed by atoms with van der Waals surface area (Å²) in [4.78, 5) is 0. The summed E-state index contributed by atoms with van der Waals surface area (Å²) in [6.07, 6.45) is 1.53.